The molecule has 0 atom stereocenters. The Balaban J connectivity index is 3.22. The molecule has 0 unspecified atom stereocenters. The highest BCUT2D eigenvalue weighted by Crippen LogP contribution is 1.69. The van der Waals surface area contributed by atoms with Crippen LogP contribution in [0.2, 0.25) is 0 Å². The molecule has 0 aliphatic heterocycles. The van der Waals surface area contributed by atoms with E-state index in [4.69, 9.17) is 5.21 Å². The lowest BCUT2D eigenvalue weighted by molar-refractivity contribution is 0.285. The number of methoxy groups -OCH3 is 1. The molecule has 0 rings (SSSR count). The minimum Gasteiger partial charge on any atom is -0.482 e. The van der Waals surface area contributed by atoms with Crippen LogP contribution in [0.4, 0.5) is 0 Å². The molecule has 0 amide bonds. The summed E-state index contributed by atoms with van der Waals surface area (Å²) in [4.78, 5) is 0. The minimum atomic E-state index is 0.273. The Labute approximate surface area is 36.2 Å². The summed E-state index contributed by atoms with van der Waals surface area (Å²) in [6.45, 7) is 1.56. The van der Waals surface area contributed by atoms with Crippen LogP contribution in [0.5, 0.6) is 0 Å². The number of ether oxygens (including phenoxy) is 1. The molecule has 0 aromatic rings. The van der Waals surface area contributed by atoms with Crippen LogP contribution in [0.25, 0.3) is 0 Å². The largest absolute Gasteiger partial charge is 0.482 e. The van der Waals surface area contributed by atoms with Crippen LogP contribution in [0.15, 0.2) is 5.16 Å². The molecule has 0 heterocycles. The highest BCUT2D eigenvalue weighted by molar-refractivity contribution is 5.71. The van der Waals surface area contributed by atoms with Gasteiger partial charge in [0, 0.05) is 6.92 Å². The number of nitrogens with zero attached hydrogens (tertiary/aromatic N) is 1. The molecule has 1 N–H and O–H groups in total. The predicted molar refractivity (Wildman–Crippen MR) is 21.9 cm³/mol. The van der Waals surface area contributed by atoms with Gasteiger partial charge < -0.3 is 9.94 Å². The van der Waals surface area contributed by atoms with Crippen LogP contribution in [0.3, 0.4) is 0 Å². The van der Waals surface area contributed by atoms with E-state index in [9.17, 15) is 0 Å². The molecule has 3 heteroatoms. The Kier molecular flexibility index (Phi) is 2.20. The summed E-state index contributed by atoms with van der Waals surface area (Å²) in [5.41, 5.74) is 0. The first-order valence-corrected chi connectivity index (χ1v) is 1.54. The number of oxime groups is 1. The van der Waals surface area contributed by atoms with Crippen molar-refractivity contribution in [3.05, 3.63) is 0 Å². The van der Waals surface area contributed by atoms with Gasteiger partial charge >= 0.3 is 0 Å². The third-order valence-electron chi connectivity index (χ3n) is 0.436. The van der Waals surface area contributed by atoms with Crippen molar-refractivity contribution < 1.29 is 9.94 Å². The zero-order valence-corrected chi connectivity index (χ0v) is 3.80. The van der Waals surface area contributed by atoms with Crippen LogP contribution in [-0.4, -0.2) is 18.2 Å². The maximum absolute atomic E-state index is 7.80. The summed E-state index contributed by atoms with van der Waals surface area (Å²) in [7, 11) is 1.44. The number of rotatable bonds is 0. The molecule has 6 heavy (non-hydrogen) atoms. The lowest BCUT2D eigenvalue weighted by atomic mass is 10.8. The molecular formula is C3H7NO2. The summed E-state index contributed by atoms with van der Waals surface area (Å²) in [6, 6.07) is 0. The molecule has 0 aromatic heterocycles. The van der Waals surface area contributed by atoms with Gasteiger partial charge in [0.1, 0.15) is 0 Å². The van der Waals surface area contributed by atoms with Gasteiger partial charge in [0.05, 0.1) is 7.11 Å². The van der Waals surface area contributed by atoms with Crippen LogP contribution < -0.4 is 0 Å². The van der Waals surface area contributed by atoms with Crippen LogP contribution in [-0.2, 0) is 4.74 Å². The maximum Gasteiger partial charge on any atom is 0.221 e. The van der Waals surface area contributed by atoms with Gasteiger partial charge in [-0.3, -0.25) is 0 Å². The summed E-state index contributed by atoms with van der Waals surface area (Å²) >= 11 is 0. The van der Waals surface area contributed by atoms with Gasteiger partial charge in [0.15, 0.2) is 0 Å². The SMILES string of the molecule is COC(C)=NO. The van der Waals surface area contributed by atoms with Crippen molar-refractivity contribution in [2.75, 3.05) is 7.11 Å². The molecule has 36 valence electrons. The Bertz CT molecular complexity index is 59.8. The molecule has 0 saturated heterocycles. The first-order chi connectivity index (χ1) is 2.81. The predicted octanol–water partition coefficient (Wildman–Crippen LogP) is 0.440. The van der Waals surface area contributed by atoms with Crippen molar-refractivity contribution in [2.45, 2.75) is 6.92 Å². The molecular weight excluding hydrogens is 82.0 g/mol. The molecule has 0 radical (unpaired) electrons. The summed E-state index contributed by atoms with van der Waals surface area (Å²) in [5, 5.41) is 10.5. The quantitative estimate of drug-likeness (QED) is 0.202. The van der Waals surface area contributed by atoms with E-state index >= 15 is 0 Å². The van der Waals surface area contributed by atoms with E-state index in [2.05, 4.69) is 9.89 Å². The van der Waals surface area contributed by atoms with E-state index in [1.807, 2.05) is 0 Å². The monoisotopic (exact) mass is 89.0 g/mol. The molecule has 3 nitrogen and oxygen atoms in total. The van der Waals surface area contributed by atoms with Crippen molar-refractivity contribution in [3.8, 4) is 0 Å². The van der Waals surface area contributed by atoms with Crippen molar-refractivity contribution in [3.63, 3.8) is 0 Å². The van der Waals surface area contributed by atoms with Crippen molar-refractivity contribution in [1.29, 1.82) is 0 Å². The van der Waals surface area contributed by atoms with Gasteiger partial charge in [-0.05, 0) is 0 Å². The minimum absolute atomic E-state index is 0.273. The summed E-state index contributed by atoms with van der Waals surface area (Å²) < 4.78 is 4.40. The van der Waals surface area contributed by atoms with E-state index < -0.39 is 0 Å². The van der Waals surface area contributed by atoms with E-state index in [0.29, 0.717) is 0 Å². The fourth-order valence-corrected chi connectivity index (χ4v) is 0.0408. The molecule has 0 aromatic carbocycles. The van der Waals surface area contributed by atoms with Crippen molar-refractivity contribution in [1.82, 2.24) is 0 Å². The van der Waals surface area contributed by atoms with E-state index in [-0.39, 0.29) is 5.90 Å². The average Bonchev–Trinajstić information content (AvgIpc) is 1.65. The van der Waals surface area contributed by atoms with E-state index in [1.165, 1.54) is 7.11 Å². The van der Waals surface area contributed by atoms with Gasteiger partial charge in [0.2, 0.25) is 5.90 Å². The van der Waals surface area contributed by atoms with Gasteiger partial charge in [-0.25, -0.2) is 0 Å². The second-order valence-electron chi connectivity index (χ2n) is 0.823. The van der Waals surface area contributed by atoms with Gasteiger partial charge in [-0.2, -0.15) is 0 Å². The third kappa shape index (κ3) is 1.58. The first-order valence-electron chi connectivity index (χ1n) is 1.54. The molecule has 0 aliphatic rings. The van der Waals surface area contributed by atoms with Gasteiger partial charge in [-0.1, -0.05) is 5.16 Å². The average molecular weight is 89.1 g/mol. The molecule has 0 spiro atoms. The Morgan fingerprint density at radius 3 is 2.33 bits per heavy atom. The van der Waals surface area contributed by atoms with E-state index in [1.54, 1.807) is 6.92 Å². The summed E-state index contributed by atoms with van der Waals surface area (Å²) in [6.07, 6.45) is 0. The van der Waals surface area contributed by atoms with Crippen LogP contribution in [0.1, 0.15) is 6.92 Å². The lowest BCUT2D eigenvalue weighted by Crippen LogP contribution is -1.91. The van der Waals surface area contributed by atoms with Gasteiger partial charge in [0.25, 0.3) is 0 Å². The van der Waals surface area contributed by atoms with Crippen LogP contribution >= 0.6 is 0 Å². The van der Waals surface area contributed by atoms with Crippen molar-refractivity contribution >= 4 is 5.90 Å². The standard InChI is InChI=1S/C3H7NO2/c1-3(4-5)6-2/h5H,1-2H3. The molecule has 0 aliphatic carbocycles. The van der Waals surface area contributed by atoms with Crippen molar-refractivity contribution in [2.24, 2.45) is 5.16 Å². The second-order valence-corrected chi connectivity index (χ2v) is 0.823. The lowest BCUT2D eigenvalue weighted by Gasteiger charge is -1.88. The zero-order valence-electron chi connectivity index (χ0n) is 3.80. The van der Waals surface area contributed by atoms with Gasteiger partial charge in [-0.15, -0.1) is 0 Å². The molecule has 0 fully saturated rings. The molecule has 0 bridgehead atoms. The zero-order chi connectivity index (χ0) is 4.99. The van der Waals surface area contributed by atoms with E-state index in [0.717, 1.165) is 0 Å². The first kappa shape index (κ1) is 5.27. The summed E-state index contributed by atoms with van der Waals surface area (Å²) in [5.74, 6) is 0.273. The smallest absolute Gasteiger partial charge is 0.221 e. The Morgan fingerprint density at radius 2 is 2.33 bits per heavy atom. The Hall–Kier alpha value is -0.730. The highest BCUT2D eigenvalue weighted by Gasteiger charge is 1.77. The Morgan fingerprint density at radius 1 is 1.83 bits per heavy atom. The maximum atomic E-state index is 7.80. The normalized spacial score (nSPS) is 11.3. The third-order valence-corrected chi connectivity index (χ3v) is 0.436. The molecule has 0 saturated carbocycles. The number of hydrogen-bond acceptors (Lipinski definition) is 3. The van der Waals surface area contributed by atoms with Crippen LogP contribution in [0, 0.1) is 0 Å². The fourth-order valence-electron chi connectivity index (χ4n) is 0.0408. The highest BCUT2D eigenvalue weighted by atomic mass is 16.5. The second kappa shape index (κ2) is 2.50. The topological polar surface area (TPSA) is 41.8 Å². The fraction of sp³-hybridized carbons (Fsp3) is 0.667. The number of hydrogen-bond donors (Lipinski definition) is 1.